The fourth-order valence-electron chi connectivity index (χ4n) is 1.11. The van der Waals surface area contributed by atoms with Crippen LogP contribution in [0.3, 0.4) is 0 Å². The quantitative estimate of drug-likeness (QED) is 0.673. The molecule has 0 saturated heterocycles. The smallest absolute Gasteiger partial charge is 0.154 e. The average molecular weight is 182 g/mol. The molecule has 2 aromatic heterocycles. The van der Waals surface area contributed by atoms with E-state index < -0.39 is 0 Å². The minimum atomic E-state index is 0.504. The second-order valence-electron chi connectivity index (χ2n) is 2.54. The molecule has 0 amide bonds. The Balaban J connectivity index is 2.74. The lowest BCUT2D eigenvalue weighted by atomic mass is 10.3. The highest BCUT2D eigenvalue weighted by atomic mass is 35.5. The summed E-state index contributed by atoms with van der Waals surface area (Å²) in [4.78, 5) is 3.96. The number of aryl methyl sites for hydroxylation is 1. The third-order valence-electron chi connectivity index (χ3n) is 1.76. The van der Waals surface area contributed by atoms with Gasteiger partial charge in [0.2, 0.25) is 0 Å². The van der Waals surface area contributed by atoms with Gasteiger partial charge in [-0.15, -0.1) is 0 Å². The van der Waals surface area contributed by atoms with Gasteiger partial charge in [0.1, 0.15) is 5.52 Å². The van der Waals surface area contributed by atoms with Crippen LogP contribution < -0.4 is 0 Å². The van der Waals surface area contributed by atoms with Crippen LogP contribution in [0.2, 0.25) is 5.15 Å². The van der Waals surface area contributed by atoms with Gasteiger partial charge in [0.25, 0.3) is 0 Å². The molecule has 0 saturated carbocycles. The molecule has 0 aliphatic carbocycles. The van der Waals surface area contributed by atoms with E-state index in [4.69, 9.17) is 11.6 Å². The van der Waals surface area contributed by atoms with Gasteiger partial charge >= 0.3 is 0 Å². The summed E-state index contributed by atoms with van der Waals surface area (Å²) in [5, 5.41) is 4.79. The van der Waals surface area contributed by atoms with Crippen molar-refractivity contribution in [2.45, 2.75) is 13.3 Å². The van der Waals surface area contributed by atoms with Crippen LogP contribution in [0, 0.1) is 0 Å². The highest BCUT2D eigenvalue weighted by molar-refractivity contribution is 6.32. The van der Waals surface area contributed by atoms with E-state index in [0.29, 0.717) is 5.15 Å². The van der Waals surface area contributed by atoms with E-state index in [9.17, 15) is 0 Å². The average Bonchev–Trinajstić information content (AvgIpc) is 2.49. The lowest BCUT2D eigenvalue weighted by Gasteiger charge is -1.91. The first-order valence-electron chi connectivity index (χ1n) is 3.80. The Morgan fingerprint density at radius 3 is 3.08 bits per heavy atom. The first kappa shape index (κ1) is 7.55. The van der Waals surface area contributed by atoms with Gasteiger partial charge < -0.3 is 0 Å². The van der Waals surface area contributed by atoms with Crippen molar-refractivity contribution < 1.29 is 0 Å². The molecule has 4 heteroatoms. The normalized spacial score (nSPS) is 10.8. The summed E-state index contributed by atoms with van der Waals surface area (Å²) in [6, 6.07) is 1.95. The van der Waals surface area contributed by atoms with Crippen molar-refractivity contribution in [3.8, 4) is 0 Å². The molecule has 0 radical (unpaired) electrons. The van der Waals surface area contributed by atoms with Gasteiger partial charge in [-0.05, 0) is 12.5 Å². The molecule has 0 unspecified atom stereocenters. The number of rotatable bonds is 1. The molecule has 2 rings (SSSR count). The maximum absolute atomic E-state index is 5.86. The van der Waals surface area contributed by atoms with Crippen LogP contribution in [0.5, 0.6) is 0 Å². The highest BCUT2D eigenvalue weighted by Crippen LogP contribution is 2.14. The van der Waals surface area contributed by atoms with Gasteiger partial charge in [-0.3, -0.25) is 0 Å². The van der Waals surface area contributed by atoms with Crippen molar-refractivity contribution in [3.05, 3.63) is 29.3 Å². The van der Waals surface area contributed by atoms with Crippen LogP contribution in [0.25, 0.3) is 5.52 Å². The molecule has 0 atom stereocenters. The molecule has 12 heavy (non-hydrogen) atoms. The fourth-order valence-corrected chi connectivity index (χ4v) is 1.31. The first-order valence-corrected chi connectivity index (χ1v) is 4.18. The lowest BCUT2D eigenvalue weighted by Crippen LogP contribution is -1.88. The molecular formula is C8H8ClN3. The molecule has 62 valence electrons. The van der Waals surface area contributed by atoms with Crippen LogP contribution in [-0.4, -0.2) is 14.6 Å². The van der Waals surface area contributed by atoms with Gasteiger partial charge in [-0.2, -0.15) is 5.10 Å². The molecule has 2 heterocycles. The van der Waals surface area contributed by atoms with Crippen molar-refractivity contribution >= 4 is 17.1 Å². The van der Waals surface area contributed by atoms with E-state index >= 15 is 0 Å². The zero-order valence-electron chi connectivity index (χ0n) is 6.66. The molecule has 0 N–H and O–H groups in total. The predicted octanol–water partition coefficient (Wildman–Crippen LogP) is 1.95. The maximum Gasteiger partial charge on any atom is 0.154 e. The molecule has 3 nitrogen and oxygen atoms in total. The molecule has 2 aromatic rings. The third-order valence-corrected chi connectivity index (χ3v) is 2.05. The Labute approximate surface area is 75.0 Å². The Morgan fingerprint density at radius 1 is 1.58 bits per heavy atom. The zero-order chi connectivity index (χ0) is 8.55. The van der Waals surface area contributed by atoms with Crippen molar-refractivity contribution in [1.82, 2.24) is 14.6 Å². The van der Waals surface area contributed by atoms with Crippen LogP contribution in [0.1, 0.15) is 12.6 Å². The topological polar surface area (TPSA) is 30.2 Å². The standard InChI is InChI=1S/C8H8ClN3/c1-2-6-5-7-8(9)10-3-4-12(7)11-6/h3-5H,2H2,1H3. The van der Waals surface area contributed by atoms with E-state index in [1.807, 2.05) is 6.07 Å². The Bertz CT molecular complexity index is 408. The molecule has 0 aromatic carbocycles. The van der Waals surface area contributed by atoms with Crippen molar-refractivity contribution in [2.24, 2.45) is 0 Å². The summed E-state index contributed by atoms with van der Waals surface area (Å²) in [5.74, 6) is 0. The molecule has 0 aliphatic heterocycles. The second kappa shape index (κ2) is 2.75. The molecule has 0 spiro atoms. The first-order chi connectivity index (χ1) is 5.81. The predicted molar refractivity (Wildman–Crippen MR) is 47.4 cm³/mol. The van der Waals surface area contributed by atoms with Gasteiger partial charge in [-0.25, -0.2) is 9.50 Å². The zero-order valence-corrected chi connectivity index (χ0v) is 7.41. The highest BCUT2D eigenvalue weighted by Gasteiger charge is 2.02. The summed E-state index contributed by atoms with van der Waals surface area (Å²) >= 11 is 5.86. The van der Waals surface area contributed by atoms with Gasteiger partial charge in [0.05, 0.1) is 5.69 Å². The summed E-state index contributed by atoms with van der Waals surface area (Å²) < 4.78 is 1.74. The van der Waals surface area contributed by atoms with Gasteiger partial charge in [0, 0.05) is 12.4 Å². The van der Waals surface area contributed by atoms with Crippen LogP contribution >= 0.6 is 11.6 Å². The largest absolute Gasteiger partial charge is 0.241 e. The summed E-state index contributed by atoms with van der Waals surface area (Å²) in [6.07, 6.45) is 4.35. The second-order valence-corrected chi connectivity index (χ2v) is 2.90. The number of aromatic nitrogens is 3. The van der Waals surface area contributed by atoms with E-state index in [1.54, 1.807) is 16.9 Å². The minimum Gasteiger partial charge on any atom is -0.241 e. The molecule has 0 aliphatic rings. The van der Waals surface area contributed by atoms with Gasteiger partial charge in [-0.1, -0.05) is 18.5 Å². The van der Waals surface area contributed by atoms with E-state index in [-0.39, 0.29) is 0 Å². The monoisotopic (exact) mass is 181 g/mol. The fraction of sp³-hybridized carbons (Fsp3) is 0.250. The molecule has 0 bridgehead atoms. The number of hydrogen-bond donors (Lipinski definition) is 0. The summed E-state index contributed by atoms with van der Waals surface area (Å²) in [5.41, 5.74) is 1.90. The Morgan fingerprint density at radius 2 is 2.42 bits per heavy atom. The Hall–Kier alpha value is -1.09. The SMILES string of the molecule is CCc1cc2c(Cl)nccn2n1. The van der Waals surface area contributed by atoms with Crippen LogP contribution in [0.15, 0.2) is 18.5 Å². The minimum absolute atomic E-state index is 0.504. The van der Waals surface area contributed by atoms with E-state index in [0.717, 1.165) is 17.6 Å². The van der Waals surface area contributed by atoms with Gasteiger partial charge in [0.15, 0.2) is 5.15 Å². The Kier molecular flexibility index (Phi) is 1.73. The van der Waals surface area contributed by atoms with E-state index in [1.165, 1.54) is 0 Å². The summed E-state index contributed by atoms with van der Waals surface area (Å²) in [7, 11) is 0. The number of hydrogen-bond acceptors (Lipinski definition) is 2. The van der Waals surface area contributed by atoms with Crippen molar-refractivity contribution in [3.63, 3.8) is 0 Å². The third kappa shape index (κ3) is 1.06. The maximum atomic E-state index is 5.86. The van der Waals surface area contributed by atoms with E-state index in [2.05, 4.69) is 17.0 Å². The van der Waals surface area contributed by atoms with Crippen molar-refractivity contribution in [2.75, 3.05) is 0 Å². The van der Waals surface area contributed by atoms with Crippen LogP contribution in [0.4, 0.5) is 0 Å². The number of fused-ring (bicyclic) bond motifs is 1. The van der Waals surface area contributed by atoms with Crippen LogP contribution in [-0.2, 0) is 6.42 Å². The lowest BCUT2D eigenvalue weighted by molar-refractivity contribution is 0.890. The molecular weight excluding hydrogens is 174 g/mol. The summed E-state index contributed by atoms with van der Waals surface area (Å²) in [6.45, 7) is 2.06. The number of nitrogens with zero attached hydrogens (tertiary/aromatic N) is 3. The molecule has 0 fully saturated rings. The number of halogens is 1. The van der Waals surface area contributed by atoms with Crippen molar-refractivity contribution in [1.29, 1.82) is 0 Å².